The average Bonchev–Trinajstić information content (AvgIpc) is 2.31. The van der Waals surface area contributed by atoms with E-state index < -0.39 is 5.91 Å². The third-order valence-corrected chi connectivity index (χ3v) is 2.57. The van der Waals surface area contributed by atoms with E-state index in [1.807, 2.05) is 0 Å². The van der Waals surface area contributed by atoms with Crippen LogP contribution in [0, 0.1) is 0 Å². The van der Waals surface area contributed by atoms with Crippen molar-refractivity contribution >= 4 is 11.7 Å². The van der Waals surface area contributed by atoms with Gasteiger partial charge >= 0.3 is 0 Å². The molecule has 6 nitrogen and oxygen atoms in total. The first kappa shape index (κ1) is 10.8. The SMILES string of the molecule is NC(=O)c1nccnc1NC1CCCNC1. The van der Waals surface area contributed by atoms with E-state index in [9.17, 15) is 4.79 Å². The van der Waals surface area contributed by atoms with Crippen LogP contribution in [0.4, 0.5) is 5.82 Å². The molecule has 6 heteroatoms. The minimum Gasteiger partial charge on any atom is -0.364 e. The number of hydrogen-bond donors (Lipinski definition) is 3. The Morgan fingerprint density at radius 2 is 2.31 bits per heavy atom. The largest absolute Gasteiger partial charge is 0.364 e. The van der Waals surface area contributed by atoms with Crippen LogP contribution < -0.4 is 16.4 Å². The van der Waals surface area contributed by atoms with Gasteiger partial charge in [-0.15, -0.1) is 0 Å². The van der Waals surface area contributed by atoms with Gasteiger partial charge in [0.15, 0.2) is 11.5 Å². The van der Waals surface area contributed by atoms with Gasteiger partial charge in [0.2, 0.25) is 0 Å². The van der Waals surface area contributed by atoms with Crippen molar-refractivity contribution in [3.8, 4) is 0 Å². The summed E-state index contributed by atoms with van der Waals surface area (Å²) in [4.78, 5) is 19.1. The molecule has 1 atom stereocenters. The monoisotopic (exact) mass is 221 g/mol. The van der Waals surface area contributed by atoms with Crippen LogP contribution in [0.3, 0.4) is 0 Å². The molecule has 1 aliphatic heterocycles. The third-order valence-electron chi connectivity index (χ3n) is 2.57. The second-order valence-electron chi connectivity index (χ2n) is 3.81. The fraction of sp³-hybridized carbons (Fsp3) is 0.500. The van der Waals surface area contributed by atoms with Crippen molar-refractivity contribution in [3.05, 3.63) is 18.1 Å². The zero-order chi connectivity index (χ0) is 11.4. The highest BCUT2D eigenvalue weighted by atomic mass is 16.1. The molecule has 1 aliphatic rings. The highest BCUT2D eigenvalue weighted by Crippen LogP contribution is 2.12. The Bertz CT molecular complexity index is 375. The summed E-state index contributed by atoms with van der Waals surface area (Å²) in [6, 6.07) is 0.281. The molecule has 1 aromatic rings. The summed E-state index contributed by atoms with van der Waals surface area (Å²) < 4.78 is 0. The van der Waals surface area contributed by atoms with E-state index in [1.165, 1.54) is 6.20 Å². The van der Waals surface area contributed by atoms with Gasteiger partial charge in [-0.05, 0) is 19.4 Å². The Labute approximate surface area is 93.7 Å². The maximum absolute atomic E-state index is 11.1. The number of nitrogens with zero attached hydrogens (tertiary/aromatic N) is 2. The first-order valence-corrected chi connectivity index (χ1v) is 5.35. The zero-order valence-electron chi connectivity index (χ0n) is 8.94. The first-order valence-electron chi connectivity index (χ1n) is 5.35. The van der Waals surface area contributed by atoms with E-state index in [0.29, 0.717) is 5.82 Å². The summed E-state index contributed by atoms with van der Waals surface area (Å²) in [6.45, 7) is 1.91. The smallest absolute Gasteiger partial charge is 0.271 e. The predicted octanol–water partition coefficient (Wildman–Crippen LogP) is -0.261. The number of amides is 1. The summed E-state index contributed by atoms with van der Waals surface area (Å²) >= 11 is 0. The molecule has 1 unspecified atom stereocenters. The number of nitrogens with two attached hydrogens (primary N) is 1. The molecule has 0 saturated carbocycles. The lowest BCUT2D eigenvalue weighted by Gasteiger charge is -2.24. The zero-order valence-corrected chi connectivity index (χ0v) is 8.94. The van der Waals surface area contributed by atoms with Crippen LogP contribution >= 0.6 is 0 Å². The molecule has 2 rings (SSSR count). The maximum Gasteiger partial charge on any atom is 0.271 e. The average molecular weight is 221 g/mol. The Balaban J connectivity index is 2.10. The van der Waals surface area contributed by atoms with Gasteiger partial charge in [0.05, 0.1) is 0 Å². The van der Waals surface area contributed by atoms with Gasteiger partial charge in [0.25, 0.3) is 5.91 Å². The lowest BCUT2D eigenvalue weighted by Crippen LogP contribution is -2.39. The van der Waals surface area contributed by atoms with Crippen LogP contribution in [0.1, 0.15) is 23.3 Å². The van der Waals surface area contributed by atoms with Gasteiger partial charge in [0, 0.05) is 25.0 Å². The Morgan fingerprint density at radius 3 is 3.00 bits per heavy atom. The summed E-state index contributed by atoms with van der Waals surface area (Å²) in [6.07, 6.45) is 5.18. The van der Waals surface area contributed by atoms with Crippen LogP contribution in [0.5, 0.6) is 0 Å². The van der Waals surface area contributed by atoms with Crippen molar-refractivity contribution in [2.75, 3.05) is 18.4 Å². The molecule has 1 saturated heterocycles. The molecular weight excluding hydrogens is 206 g/mol. The molecule has 1 amide bonds. The number of carbonyl (C=O) groups is 1. The summed E-state index contributed by atoms with van der Waals surface area (Å²) in [5, 5.41) is 6.47. The van der Waals surface area contributed by atoms with Gasteiger partial charge in [-0.2, -0.15) is 0 Å². The molecule has 0 spiro atoms. The van der Waals surface area contributed by atoms with Crippen LogP contribution in [-0.2, 0) is 0 Å². The molecule has 16 heavy (non-hydrogen) atoms. The molecule has 0 bridgehead atoms. The number of hydrogen-bond acceptors (Lipinski definition) is 5. The first-order chi connectivity index (χ1) is 7.77. The second kappa shape index (κ2) is 4.89. The number of nitrogens with one attached hydrogen (secondary N) is 2. The Morgan fingerprint density at radius 1 is 1.50 bits per heavy atom. The number of aromatic nitrogens is 2. The van der Waals surface area contributed by atoms with Crippen LogP contribution in [0.2, 0.25) is 0 Å². The van der Waals surface area contributed by atoms with E-state index >= 15 is 0 Å². The number of piperidine rings is 1. The number of anilines is 1. The van der Waals surface area contributed by atoms with Crippen molar-refractivity contribution < 1.29 is 4.79 Å². The molecule has 1 aromatic heterocycles. The van der Waals surface area contributed by atoms with Crippen molar-refractivity contribution in [1.29, 1.82) is 0 Å². The van der Waals surface area contributed by atoms with Crippen LogP contribution in [0.25, 0.3) is 0 Å². The Kier molecular flexibility index (Phi) is 3.31. The number of rotatable bonds is 3. The van der Waals surface area contributed by atoms with Gasteiger partial charge in [-0.3, -0.25) is 4.79 Å². The van der Waals surface area contributed by atoms with Crippen molar-refractivity contribution in [1.82, 2.24) is 15.3 Å². The fourth-order valence-corrected chi connectivity index (χ4v) is 1.79. The van der Waals surface area contributed by atoms with Crippen LogP contribution in [-0.4, -0.2) is 35.0 Å². The standard InChI is InChI=1S/C10H15N5O/c11-9(16)8-10(14-5-4-13-8)15-7-2-1-3-12-6-7/h4-5,7,12H,1-3,6H2,(H2,11,16)(H,14,15). The van der Waals surface area contributed by atoms with Gasteiger partial charge in [-0.1, -0.05) is 0 Å². The topological polar surface area (TPSA) is 92.9 Å². The second-order valence-corrected chi connectivity index (χ2v) is 3.81. The van der Waals surface area contributed by atoms with E-state index in [0.717, 1.165) is 25.9 Å². The van der Waals surface area contributed by atoms with Gasteiger partial charge < -0.3 is 16.4 Å². The number of carbonyl (C=O) groups excluding carboxylic acids is 1. The lowest BCUT2D eigenvalue weighted by atomic mass is 10.1. The summed E-state index contributed by atoms with van der Waals surface area (Å²) in [5.41, 5.74) is 5.42. The molecule has 86 valence electrons. The van der Waals surface area contributed by atoms with Crippen molar-refractivity contribution in [2.24, 2.45) is 5.73 Å². The Hall–Kier alpha value is -1.69. The summed E-state index contributed by atoms with van der Waals surface area (Å²) in [5.74, 6) is -0.0805. The summed E-state index contributed by atoms with van der Waals surface area (Å²) in [7, 11) is 0. The van der Waals surface area contributed by atoms with E-state index in [-0.39, 0.29) is 11.7 Å². The molecule has 0 aromatic carbocycles. The van der Waals surface area contributed by atoms with E-state index in [4.69, 9.17) is 5.73 Å². The highest BCUT2D eigenvalue weighted by Gasteiger charge is 2.17. The molecule has 1 fully saturated rings. The molecule has 0 radical (unpaired) electrons. The van der Waals surface area contributed by atoms with Gasteiger partial charge in [0.1, 0.15) is 0 Å². The minimum atomic E-state index is -0.556. The van der Waals surface area contributed by atoms with Crippen molar-refractivity contribution in [3.63, 3.8) is 0 Å². The maximum atomic E-state index is 11.1. The predicted molar refractivity (Wildman–Crippen MR) is 60.1 cm³/mol. The van der Waals surface area contributed by atoms with Gasteiger partial charge in [-0.25, -0.2) is 9.97 Å². The quantitative estimate of drug-likeness (QED) is 0.654. The lowest BCUT2D eigenvalue weighted by molar-refractivity contribution is 0.0996. The molecule has 0 aliphatic carbocycles. The highest BCUT2D eigenvalue weighted by molar-refractivity contribution is 5.95. The minimum absolute atomic E-state index is 0.202. The normalized spacial score (nSPS) is 20.4. The third kappa shape index (κ3) is 2.46. The molecule has 2 heterocycles. The molecule has 4 N–H and O–H groups in total. The van der Waals surface area contributed by atoms with Crippen LogP contribution in [0.15, 0.2) is 12.4 Å². The fourth-order valence-electron chi connectivity index (χ4n) is 1.79. The molecular formula is C10H15N5O. The van der Waals surface area contributed by atoms with Crippen molar-refractivity contribution in [2.45, 2.75) is 18.9 Å². The number of primary amides is 1. The van der Waals surface area contributed by atoms with E-state index in [2.05, 4.69) is 20.6 Å². The van der Waals surface area contributed by atoms with E-state index in [1.54, 1.807) is 6.20 Å².